The lowest BCUT2D eigenvalue weighted by atomic mass is 9.96. The summed E-state index contributed by atoms with van der Waals surface area (Å²) in [7, 11) is 0. The summed E-state index contributed by atoms with van der Waals surface area (Å²) in [6.07, 6.45) is 8.66. The van der Waals surface area contributed by atoms with Crippen LogP contribution in [0.1, 0.15) is 72.9 Å². The van der Waals surface area contributed by atoms with E-state index < -0.39 is 23.4 Å². The lowest BCUT2D eigenvalue weighted by molar-refractivity contribution is 0.0193. The molecule has 0 radical (unpaired) electrons. The molecule has 1 fully saturated rings. The van der Waals surface area contributed by atoms with Crippen LogP contribution in [0.3, 0.4) is 0 Å². The zero-order chi connectivity index (χ0) is 30.4. The second-order valence-corrected chi connectivity index (χ2v) is 12.1. The molecule has 2 amide bonds. The van der Waals surface area contributed by atoms with Gasteiger partial charge in [-0.3, -0.25) is 9.88 Å². The van der Waals surface area contributed by atoms with E-state index in [-0.39, 0.29) is 6.04 Å². The summed E-state index contributed by atoms with van der Waals surface area (Å²) in [4.78, 5) is 33.8. The van der Waals surface area contributed by atoms with Crippen molar-refractivity contribution in [3.05, 3.63) is 83.5 Å². The van der Waals surface area contributed by atoms with Crippen LogP contribution in [0.4, 0.5) is 9.59 Å². The molecule has 1 aliphatic rings. The van der Waals surface area contributed by atoms with Crippen molar-refractivity contribution in [1.82, 2.24) is 14.8 Å². The Labute approximate surface area is 239 Å². The summed E-state index contributed by atoms with van der Waals surface area (Å²) in [6, 6.07) is 1.62. The number of ether oxygens (including phenoxy) is 2. The Morgan fingerprint density at radius 1 is 1.12 bits per heavy atom. The standard InChI is InChI=1S/C32H46N4O4/c1-12-27(24(5)33)25(17-22(3)28-19-34-15-13-21(28)2)18-23(4)36(30(38)40-32(9,10)11)26-14-16-35(20-26)29(37)39-31(6,7)8/h12-13,15,17-19,26H,1,3,14,16,20,33H2,2,4-11H3/b23-18+,25-17-,27-24+. The molecule has 0 bridgehead atoms. The molecule has 8 heteroatoms. The topological polar surface area (TPSA) is 98.0 Å². The Kier molecular flexibility index (Phi) is 10.6. The average molecular weight is 551 g/mol. The van der Waals surface area contributed by atoms with Crippen molar-refractivity contribution < 1.29 is 19.1 Å². The van der Waals surface area contributed by atoms with Crippen molar-refractivity contribution in [2.24, 2.45) is 5.73 Å². The van der Waals surface area contributed by atoms with E-state index in [9.17, 15) is 9.59 Å². The number of likely N-dealkylation sites (tertiary alicyclic amines) is 1. The molecule has 0 spiro atoms. The second kappa shape index (κ2) is 13.0. The lowest BCUT2D eigenvalue weighted by Crippen LogP contribution is -2.44. The molecule has 0 aliphatic carbocycles. The highest BCUT2D eigenvalue weighted by atomic mass is 16.6. The zero-order valence-corrected chi connectivity index (χ0v) is 25.6. The van der Waals surface area contributed by atoms with Crippen molar-refractivity contribution in [3.63, 3.8) is 0 Å². The van der Waals surface area contributed by atoms with E-state index in [1.165, 1.54) is 0 Å². The van der Waals surface area contributed by atoms with Crippen LogP contribution in [-0.4, -0.2) is 57.3 Å². The highest BCUT2D eigenvalue weighted by molar-refractivity contribution is 5.77. The lowest BCUT2D eigenvalue weighted by Gasteiger charge is -2.32. The van der Waals surface area contributed by atoms with Gasteiger partial charge >= 0.3 is 12.2 Å². The second-order valence-electron chi connectivity index (χ2n) is 12.1. The normalized spacial score (nSPS) is 17.2. The van der Waals surface area contributed by atoms with Crippen molar-refractivity contribution in [2.75, 3.05) is 13.1 Å². The van der Waals surface area contributed by atoms with Crippen molar-refractivity contribution >= 4 is 17.8 Å². The maximum Gasteiger partial charge on any atom is 0.414 e. The maximum atomic E-state index is 13.6. The minimum absolute atomic E-state index is 0.307. The SMILES string of the molecule is C=CC(/C(=C\C(=C)c1cnccc1C)/C=C(\C)N(C(=O)OC(C)(C)C)C1CCN(C(=O)OC(C)(C)C)C1)=C(/C)N. The number of carbonyl (C=O) groups excluding carboxylic acids is 2. The summed E-state index contributed by atoms with van der Waals surface area (Å²) >= 11 is 0. The van der Waals surface area contributed by atoms with Gasteiger partial charge < -0.3 is 20.1 Å². The van der Waals surface area contributed by atoms with Gasteiger partial charge in [-0.2, -0.15) is 0 Å². The van der Waals surface area contributed by atoms with Gasteiger partial charge in [-0.05, 0) is 109 Å². The van der Waals surface area contributed by atoms with Gasteiger partial charge in [-0.15, -0.1) is 0 Å². The monoisotopic (exact) mass is 550 g/mol. The molecule has 40 heavy (non-hydrogen) atoms. The summed E-state index contributed by atoms with van der Waals surface area (Å²) < 4.78 is 11.4. The quantitative estimate of drug-likeness (QED) is 0.371. The largest absolute Gasteiger partial charge is 0.444 e. The predicted octanol–water partition coefficient (Wildman–Crippen LogP) is 6.90. The van der Waals surface area contributed by atoms with Crippen LogP contribution >= 0.6 is 0 Å². The smallest absolute Gasteiger partial charge is 0.414 e. The molecule has 1 saturated heterocycles. The fourth-order valence-electron chi connectivity index (χ4n) is 4.40. The van der Waals surface area contributed by atoms with Gasteiger partial charge in [0, 0.05) is 42.4 Å². The number of amides is 2. The van der Waals surface area contributed by atoms with Crippen LogP contribution in [0.15, 0.2) is 72.4 Å². The van der Waals surface area contributed by atoms with E-state index in [0.717, 1.165) is 22.3 Å². The van der Waals surface area contributed by atoms with Gasteiger partial charge in [0.15, 0.2) is 0 Å². The molecule has 1 atom stereocenters. The molecule has 1 aliphatic heterocycles. The van der Waals surface area contributed by atoms with Crippen molar-refractivity contribution in [2.45, 2.75) is 86.0 Å². The van der Waals surface area contributed by atoms with E-state index in [1.807, 2.05) is 73.6 Å². The van der Waals surface area contributed by atoms with Gasteiger partial charge in [-0.25, -0.2) is 9.59 Å². The number of nitrogens with zero attached hydrogens (tertiary/aromatic N) is 3. The maximum absolute atomic E-state index is 13.6. The number of hydrogen-bond acceptors (Lipinski definition) is 6. The Morgan fingerprint density at radius 3 is 2.27 bits per heavy atom. The Hall–Kier alpha value is -3.81. The minimum atomic E-state index is -0.704. The third-order valence-corrected chi connectivity index (χ3v) is 6.17. The molecule has 218 valence electrons. The Morgan fingerprint density at radius 2 is 1.75 bits per heavy atom. The van der Waals surface area contributed by atoms with E-state index in [1.54, 1.807) is 35.2 Å². The Bertz CT molecular complexity index is 1220. The van der Waals surface area contributed by atoms with Gasteiger partial charge in [0.05, 0.1) is 6.04 Å². The third-order valence-electron chi connectivity index (χ3n) is 6.17. The number of carbonyl (C=O) groups is 2. The molecule has 2 heterocycles. The summed E-state index contributed by atoms with van der Waals surface area (Å²) in [6.45, 7) is 25.6. The zero-order valence-electron chi connectivity index (χ0n) is 25.6. The van der Waals surface area contributed by atoms with E-state index >= 15 is 0 Å². The molecule has 0 saturated carbocycles. The minimum Gasteiger partial charge on any atom is -0.444 e. The number of aromatic nitrogens is 1. The third kappa shape index (κ3) is 9.14. The molecule has 1 aromatic rings. The fourth-order valence-corrected chi connectivity index (χ4v) is 4.40. The van der Waals surface area contributed by atoms with E-state index in [2.05, 4.69) is 18.1 Å². The van der Waals surface area contributed by atoms with E-state index in [0.29, 0.717) is 36.5 Å². The molecule has 8 nitrogen and oxygen atoms in total. The first-order chi connectivity index (χ1) is 18.4. The highest BCUT2D eigenvalue weighted by Gasteiger charge is 2.37. The van der Waals surface area contributed by atoms with Gasteiger partial charge in [-0.1, -0.05) is 19.2 Å². The number of pyridine rings is 1. The first kappa shape index (κ1) is 32.4. The van der Waals surface area contributed by atoms with Crippen molar-refractivity contribution in [1.29, 1.82) is 0 Å². The fraction of sp³-hybridized carbons (Fsp3) is 0.469. The predicted molar refractivity (Wildman–Crippen MR) is 161 cm³/mol. The summed E-state index contributed by atoms with van der Waals surface area (Å²) in [5.41, 5.74) is 10.3. The Balaban J connectivity index is 2.56. The number of nitrogens with two attached hydrogens (primary N) is 1. The molecule has 2 N–H and O–H groups in total. The number of allylic oxidation sites excluding steroid dienone is 8. The van der Waals surface area contributed by atoms with Gasteiger partial charge in [0.25, 0.3) is 0 Å². The van der Waals surface area contributed by atoms with Crippen LogP contribution in [0.5, 0.6) is 0 Å². The van der Waals surface area contributed by atoms with Crippen LogP contribution < -0.4 is 5.73 Å². The summed E-state index contributed by atoms with van der Waals surface area (Å²) in [5.74, 6) is 0. The van der Waals surface area contributed by atoms with Crippen LogP contribution in [0.2, 0.25) is 0 Å². The molecule has 2 rings (SSSR count). The molecule has 0 aromatic carbocycles. The number of hydrogen-bond donors (Lipinski definition) is 1. The number of rotatable bonds is 7. The van der Waals surface area contributed by atoms with Crippen LogP contribution in [0, 0.1) is 6.92 Å². The first-order valence-corrected chi connectivity index (χ1v) is 13.5. The van der Waals surface area contributed by atoms with Gasteiger partial charge in [0.2, 0.25) is 0 Å². The van der Waals surface area contributed by atoms with Crippen molar-refractivity contribution in [3.8, 4) is 0 Å². The van der Waals surface area contributed by atoms with E-state index in [4.69, 9.17) is 15.2 Å². The number of aryl methyl sites for hydroxylation is 1. The summed E-state index contributed by atoms with van der Waals surface area (Å²) in [5, 5.41) is 0. The average Bonchev–Trinajstić information content (AvgIpc) is 3.27. The molecular formula is C32H46N4O4. The first-order valence-electron chi connectivity index (χ1n) is 13.5. The molecule has 1 unspecified atom stereocenters. The molecule has 1 aromatic heterocycles. The van der Waals surface area contributed by atoms with Crippen LogP contribution in [-0.2, 0) is 9.47 Å². The van der Waals surface area contributed by atoms with Gasteiger partial charge in [0.1, 0.15) is 11.2 Å². The van der Waals surface area contributed by atoms with Crippen LogP contribution in [0.25, 0.3) is 5.57 Å². The molecular weight excluding hydrogens is 504 g/mol. The highest BCUT2D eigenvalue weighted by Crippen LogP contribution is 2.29.